The van der Waals surface area contributed by atoms with E-state index < -0.39 is 0 Å². The maximum Gasteiger partial charge on any atom is 0.317 e. The summed E-state index contributed by atoms with van der Waals surface area (Å²) in [5, 5.41) is 7.13. The first-order valence-electron chi connectivity index (χ1n) is 7.05. The fourth-order valence-corrected chi connectivity index (χ4v) is 2.78. The monoisotopic (exact) mass is 303 g/mol. The van der Waals surface area contributed by atoms with E-state index in [1.807, 2.05) is 44.5 Å². The quantitative estimate of drug-likeness (QED) is 0.914. The van der Waals surface area contributed by atoms with Crippen LogP contribution in [-0.2, 0) is 6.54 Å². The normalized spacial score (nSPS) is 12.0. The second kappa shape index (κ2) is 7.22. The van der Waals surface area contributed by atoms with E-state index in [0.717, 1.165) is 23.2 Å². The Balaban J connectivity index is 1.99. The number of hydrogen-bond donors (Lipinski definition) is 1. The van der Waals surface area contributed by atoms with Crippen LogP contribution in [0, 0.1) is 6.92 Å². The predicted molar refractivity (Wildman–Crippen MR) is 86.3 cm³/mol. The van der Waals surface area contributed by atoms with Crippen molar-refractivity contribution in [2.75, 3.05) is 7.05 Å². The number of nitrogens with one attached hydrogen (secondary N) is 1. The summed E-state index contributed by atoms with van der Waals surface area (Å²) in [5.74, 6) is 0. The lowest BCUT2D eigenvalue weighted by atomic mass is 10.1. The molecule has 0 bridgehead atoms. The van der Waals surface area contributed by atoms with Crippen molar-refractivity contribution in [2.24, 2.45) is 0 Å². The Bertz CT molecular complexity index is 583. The van der Waals surface area contributed by atoms with Crippen molar-refractivity contribution < 1.29 is 4.79 Å². The van der Waals surface area contributed by atoms with Crippen LogP contribution in [0.25, 0.3) is 0 Å². The summed E-state index contributed by atoms with van der Waals surface area (Å²) in [5.41, 5.74) is 3.22. The van der Waals surface area contributed by atoms with Crippen molar-refractivity contribution >= 4 is 17.4 Å². The van der Waals surface area contributed by atoms with Crippen molar-refractivity contribution in [3.05, 3.63) is 52.0 Å². The van der Waals surface area contributed by atoms with Crippen molar-refractivity contribution in [3.8, 4) is 0 Å². The topological polar surface area (TPSA) is 45.2 Å². The first kappa shape index (κ1) is 15.5. The van der Waals surface area contributed by atoms with Crippen molar-refractivity contribution in [1.82, 2.24) is 15.2 Å². The Kier molecular flexibility index (Phi) is 5.33. The number of aryl methyl sites for hydroxylation is 1. The number of pyridine rings is 1. The van der Waals surface area contributed by atoms with Crippen LogP contribution in [0.2, 0.25) is 0 Å². The summed E-state index contributed by atoms with van der Waals surface area (Å²) in [6.07, 6.45) is 2.60. The zero-order valence-electron chi connectivity index (χ0n) is 12.7. The van der Waals surface area contributed by atoms with Gasteiger partial charge in [0.15, 0.2) is 0 Å². The molecule has 21 heavy (non-hydrogen) atoms. The molecule has 0 spiro atoms. The van der Waals surface area contributed by atoms with E-state index in [2.05, 4.69) is 15.7 Å². The number of amides is 2. The Labute approximate surface area is 129 Å². The molecule has 0 aliphatic heterocycles. The van der Waals surface area contributed by atoms with Gasteiger partial charge in [0.1, 0.15) is 0 Å². The molecule has 0 unspecified atom stereocenters. The van der Waals surface area contributed by atoms with Gasteiger partial charge in [-0.1, -0.05) is 6.92 Å². The van der Waals surface area contributed by atoms with Crippen LogP contribution in [0.5, 0.6) is 0 Å². The summed E-state index contributed by atoms with van der Waals surface area (Å²) in [6.45, 7) is 4.70. The maximum atomic E-state index is 12.3. The van der Waals surface area contributed by atoms with Gasteiger partial charge in [0.05, 0.1) is 11.7 Å². The van der Waals surface area contributed by atoms with E-state index >= 15 is 0 Å². The molecule has 0 aromatic carbocycles. The third-order valence-electron chi connectivity index (χ3n) is 3.35. The highest BCUT2D eigenvalue weighted by Crippen LogP contribution is 2.16. The van der Waals surface area contributed by atoms with E-state index in [1.165, 1.54) is 0 Å². The van der Waals surface area contributed by atoms with E-state index in [1.54, 1.807) is 22.4 Å². The van der Waals surface area contributed by atoms with Crippen LogP contribution in [0.1, 0.15) is 36.2 Å². The first-order chi connectivity index (χ1) is 10.1. The highest BCUT2D eigenvalue weighted by Gasteiger charge is 2.17. The number of thiophene rings is 1. The molecule has 112 valence electrons. The molecule has 0 fully saturated rings. The molecule has 2 amide bonds. The van der Waals surface area contributed by atoms with Gasteiger partial charge >= 0.3 is 6.03 Å². The van der Waals surface area contributed by atoms with Gasteiger partial charge in [0.2, 0.25) is 0 Å². The number of urea groups is 1. The van der Waals surface area contributed by atoms with Gasteiger partial charge in [0.25, 0.3) is 0 Å². The van der Waals surface area contributed by atoms with Gasteiger partial charge in [-0.15, -0.1) is 0 Å². The highest BCUT2D eigenvalue weighted by atomic mass is 32.1. The van der Waals surface area contributed by atoms with Crippen LogP contribution in [0.3, 0.4) is 0 Å². The van der Waals surface area contributed by atoms with E-state index in [9.17, 15) is 4.79 Å². The summed E-state index contributed by atoms with van der Waals surface area (Å²) in [4.78, 5) is 18.3. The second-order valence-electron chi connectivity index (χ2n) is 5.16. The fourth-order valence-electron chi connectivity index (χ4n) is 2.12. The Morgan fingerprint density at radius 3 is 2.90 bits per heavy atom. The summed E-state index contributed by atoms with van der Waals surface area (Å²) < 4.78 is 0. The smallest absolute Gasteiger partial charge is 0.317 e. The third-order valence-corrected chi connectivity index (χ3v) is 4.08. The molecular formula is C16H21N3OS. The summed E-state index contributed by atoms with van der Waals surface area (Å²) >= 11 is 1.64. The molecule has 2 heterocycles. The largest absolute Gasteiger partial charge is 0.330 e. The molecule has 0 saturated heterocycles. The van der Waals surface area contributed by atoms with E-state index in [4.69, 9.17) is 0 Å². The SMILES string of the molecule is CC[C@H](NC(=O)N(C)Cc1ccsc1)c1cc(C)ccn1. The Morgan fingerprint density at radius 1 is 1.48 bits per heavy atom. The number of nitrogens with zero attached hydrogens (tertiary/aromatic N) is 2. The fraction of sp³-hybridized carbons (Fsp3) is 0.375. The zero-order valence-corrected chi connectivity index (χ0v) is 13.5. The van der Waals surface area contributed by atoms with Crippen LogP contribution in [0.15, 0.2) is 35.2 Å². The average molecular weight is 303 g/mol. The Hall–Kier alpha value is -1.88. The molecule has 2 aromatic heterocycles. The molecule has 0 radical (unpaired) electrons. The third kappa shape index (κ3) is 4.29. The minimum absolute atomic E-state index is 0.0534. The molecule has 1 atom stereocenters. The van der Waals surface area contributed by atoms with Crippen molar-refractivity contribution in [1.29, 1.82) is 0 Å². The maximum absolute atomic E-state index is 12.3. The van der Waals surface area contributed by atoms with E-state index in [0.29, 0.717) is 6.54 Å². The summed E-state index contributed by atoms with van der Waals surface area (Å²) in [6, 6.07) is 5.89. The molecule has 0 aliphatic carbocycles. The number of rotatable bonds is 5. The number of carbonyl (C=O) groups excluding carboxylic acids is 1. The lowest BCUT2D eigenvalue weighted by molar-refractivity contribution is 0.202. The molecule has 4 nitrogen and oxygen atoms in total. The molecule has 0 aliphatic rings. The van der Waals surface area contributed by atoms with Gasteiger partial charge in [-0.25, -0.2) is 4.79 Å². The second-order valence-corrected chi connectivity index (χ2v) is 5.94. The molecule has 1 N–H and O–H groups in total. The lowest BCUT2D eigenvalue weighted by Crippen LogP contribution is -2.39. The van der Waals surface area contributed by atoms with Crippen LogP contribution in [-0.4, -0.2) is 23.0 Å². The van der Waals surface area contributed by atoms with Crippen LogP contribution < -0.4 is 5.32 Å². The molecule has 5 heteroatoms. The number of aromatic nitrogens is 1. The van der Waals surface area contributed by atoms with Crippen molar-refractivity contribution in [2.45, 2.75) is 32.9 Å². The highest BCUT2D eigenvalue weighted by molar-refractivity contribution is 7.07. The Morgan fingerprint density at radius 2 is 2.29 bits per heavy atom. The van der Waals surface area contributed by atoms with Gasteiger partial charge in [-0.05, 0) is 53.4 Å². The van der Waals surface area contributed by atoms with Crippen molar-refractivity contribution in [3.63, 3.8) is 0 Å². The minimum atomic E-state index is -0.0728. The lowest BCUT2D eigenvalue weighted by Gasteiger charge is -2.22. The van der Waals surface area contributed by atoms with Gasteiger partial charge < -0.3 is 10.2 Å². The van der Waals surface area contributed by atoms with Gasteiger partial charge in [0, 0.05) is 19.8 Å². The number of hydrogen-bond acceptors (Lipinski definition) is 3. The molecule has 0 saturated carbocycles. The summed E-state index contributed by atoms with van der Waals surface area (Å²) in [7, 11) is 1.81. The van der Waals surface area contributed by atoms with Gasteiger partial charge in [-0.3, -0.25) is 4.98 Å². The van der Waals surface area contributed by atoms with Crippen LogP contribution >= 0.6 is 11.3 Å². The van der Waals surface area contributed by atoms with Gasteiger partial charge in [-0.2, -0.15) is 11.3 Å². The van der Waals surface area contributed by atoms with E-state index in [-0.39, 0.29) is 12.1 Å². The molecule has 2 rings (SSSR count). The standard InChI is InChI=1S/C16H21N3OS/c1-4-14(15-9-12(2)5-7-17-15)18-16(20)19(3)10-13-6-8-21-11-13/h5-9,11,14H,4,10H2,1-3H3,(H,18,20)/t14-/m0/s1. The van der Waals surface area contributed by atoms with Crippen LogP contribution in [0.4, 0.5) is 4.79 Å². The average Bonchev–Trinajstić information content (AvgIpc) is 2.97. The number of carbonyl (C=O) groups is 1. The zero-order chi connectivity index (χ0) is 15.2. The molecular weight excluding hydrogens is 282 g/mol. The minimum Gasteiger partial charge on any atom is -0.330 e. The molecule has 2 aromatic rings. The predicted octanol–water partition coefficient (Wildman–Crippen LogP) is 3.74. The first-order valence-corrected chi connectivity index (χ1v) is 7.99.